The van der Waals surface area contributed by atoms with Gasteiger partial charge in [0.05, 0.1) is 6.61 Å². The molecule has 0 radical (unpaired) electrons. The van der Waals surface area contributed by atoms with Crippen molar-refractivity contribution >= 4 is 34.1 Å². The number of carbonyl (C=O) groups excluding carboxylic acids is 1. The predicted molar refractivity (Wildman–Crippen MR) is 106 cm³/mol. The molecule has 1 N–H and O–H groups in total. The van der Waals surface area contributed by atoms with Gasteiger partial charge in [0.2, 0.25) is 11.0 Å². The molecule has 1 aromatic heterocycles. The van der Waals surface area contributed by atoms with E-state index in [1.807, 2.05) is 18.2 Å². The first-order valence-electron chi connectivity index (χ1n) is 8.38. The Morgan fingerprint density at radius 1 is 1.11 bits per heavy atom. The lowest BCUT2D eigenvalue weighted by Gasteiger charge is -2.06. The zero-order valence-corrected chi connectivity index (χ0v) is 16.1. The van der Waals surface area contributed by atoms with Crippen LogP contribution in [0.4, 0.5) is 9.52 Å². The molecule has 5 nitrogen and oxygen atoms in total. The minimum Gasteiger partial charge on any atom is -0.491 e. The van der Waals surface area contributed by atoms with Gasteiger partial charge in [-0.2, -0.15) is 0 Å². The SMILES string of the molecule is O=C(CCCOc1ccccc1F)Nc1nnc(SCc2ccccc2)s1. The van der Waals surface area contributed by atoms with Gasteiger partial charge < -0.3 is 10.1 Å². The zero-order valence-electron chi connectivity index (χ0n) is 14.4. The molecule has 27 heavy (non-hydrogen) atoms. The summed E-state index contributed by atoms with van der Waals surface area (Å²) in [7, 11) is 0. The highest BCUT2D eigenvalue weighted by Gasteiger charge is 2.09. The van der Waals surface area contributed by atoms with Gasteiger partial charge in [-0.3, -0.25) is 4.79 Å². The monoisotopic (exact) mass is 403 g/mol. The molecule has 0 aliphatic heterocycles. The molecular formula is C19H18FN3O2S2. The van der Waals surface area contributed by atoms with E-state index in [1.54, 1.807) is 30.0 Å². The number of hydrogen-bond acceptors (Lipinski definition) is 6. The molecular weight excluding hydrogens is 385 g/mol. The molecule has 2 aromatic carbocycles. The Kier molecular flexibility index (Phi) is 7.18. The van der Waals surface area contributed by atoms with Gasteiger partial charge in [-0.25, -0.2) is 4.39 Å². The quantitative estimate of drug-likeness (QED) is 0.317. The third-order valence-corrected chi connectivity index (χ3v) is 5.54. The van der Waals surface area contributed by atoms with Crippen LogP contribution >= 0.6 is 23.1 Å². The summed E-state index contributed by atoms with van der Waals surface area (Å²) in [5.41, 5.74) is 1.21. The number of nitrogens with one attached hydrogen (secondary N) is 1. The second-order valence-electron chi connectivity index (χ2n) is 5.58. The first-order chi connectivity index (χ1) is 13.2. The highest BCUT2D eigenvalue weighted by atomic mass is 32.2. The molecule has 0 bridgehead atoms. The Balaban J connectivity index is 1.37. The highest BCUT2D eigenvalue weighted by Crippen LogP contribution is 2.28. The molecule has 0 aliphatic rings. The van der Waals surface area contributed by atoms with Gasteiger partial charge in [-0.1, -0.05) is 65.6 Å². The van der Waals surface area contributed by atoms with Crippen LogP contribution in [0, 0.1) is 5.82 Å². The molecule has 140 valence electrons. The number of halogens is 1. The standard InChI is InChI=1S/C19H18FN3O2S2/c20-15-9-4-5-10-16(15)25-12-6-11-17(24)21-18-22-23-19(27-18)26-13-14-7-2-1-3-8-14/h1-5,7-10H,6,11-13H2,(H,21,22,24). The largest absolute Gasteiger partial charge is 0.491 e. The first kappa shape index (κ1) is 19.3. The number of carbonyl (C=O) groups is 1. The number of rotatable bonds is 9. The van der Waals surface area contributed by atoms with Crippen molar-refractivity contribution in [3.8, 4) is 5.75 Å². The highest BCUT2D eigenvalue weighted by molar-refractivity contribution is 8.00. The first-order valence-corrected chi connectivity index (χ1v) is 10.2. The van der Waals surface area contributed by atoms with Gasteiger partial charge >= 0.3 is 0 Å². The molecule has 0 aliphatic carbocycles. The summed E-state index contributed by atoms with van der Waals surface area (Å²) >= 11 is 2.93. The van der Waals surface area contributed by atoms with Crippen molar-refractivity contribution in [1.29, 1.82) is 0 Å². The fourth-order valence-electron chi connectivity index (χ4n) is 2.20. The van der Waals surface area contributed by atoms with E-state index >= 15 is 0 Å². The predicted octanol–water partition coefficient (Wildman–Crippen LogP) is 4.77. The molecule has 0 atom stereocenters. The maximum absolute atomic E-state index is 13.4. The Hall–Kier alpha value is -2.45. The van der Waals surface area contributed by atoms with Crippen molar-refractivity contribution in [2.45, 2.75) is 22.9 Å². The number of para-hydroxylation sites is 1. The lowest BCUT2D eigenvalue weighted by Crippen LogP contribution is -2.12. The van der Waals surface area contributed by atoms with Crippen LogP contribution in [0.5, 0.6) is 5.75 Å². The number of benzene rings is 2. The Labute approximate surface area is 165 Å². The molecule has 1 amide bonds. The number of hydrogen-bond donors (Lipinski definition) is 1. The number of amides is 1. The second-order valence-corrected chi connectivity index (χ2v) is 7.78. The van der Waals surface area contributed by atoms with E-state index in [9.17, 15) is 9.18 Å². The van der Waals surface area contributed by atoms with Crippen molar-refractivity contribution in [1.82, 2.24) is 10.2 Å². The van der Waals surface area contributed by atoms with E-state index in [2.05, 4.69) is 27.6 Å². The smallest absolute Gasteiger partial charge is 0.226 e. The summed E-state index contributed by atoms with van der Waals surface area (Å²) in [4.78, 5) is 12.0. The molecule has 0 spiro atoms. The summed E-state index contributed by atoms with van der Waals surface area (Å²) < 4.78 is 19.6. The third kappa shape index (κ3) is 6.33. The third-order valence-electron chi connectivity index (χ3n) is 3.50. The maximum Gasteiger partial charge on any atom is 0.226 e. The molecule has 3 rings (SSSR count). The minimum absolute atomic E-state index is 0.164. The molecule has 3 aromatic rings. The fourth-order valence-corrected chi connectivity index (χ4v) is 3.92. The van der Waals surface area contributed by atoms with Crippen molar-refractivity contribution < 1.29 is 13.9 Å². The Bertz CT molecular complexity index is 874. The van der Waals surface area contributed by atoms with Crippen LogP contribution in [0.15, 0.2) is 58.9 Å². The van der Waals surface area contributed by atoms with Gasteiger partial charge in [0.15, 0.2) is 15.9 Å². The summed E-state index contributed by atoms with van der Waals surface area (Å²) in [6.45, 7) is 0.267. The van der Waals surface area contributed by atoms with Crippen LogP contribution in [-0.2, 0) is 10.5 Å². The van der Waals surface area contributed by atoms with E-state index in [1.165, 1.54) is 23.0 Å². The number of anilines is 1. The van der Waals surface area contributed by atoms with Crippen molar-refractivity contribution in [2.24, 2.45) is 0 Å². The Morgan fingerprint density at radius 2 is 1.89 bits per heavy atom. The van der Waals surface area contributed by atoms with Gasteiger partial charge in [-0.05, 0) is 24.1 Å². The topological polar surface area (TPSA) is 64.1 Å². The second kappa shape index (κ2) is 10.0. The lowest BCUT2D eigenvalue weighted by atomic mass is 10.2. The summed E-state index contributed by atoms with van der Waals surface area (Å²) in [6.07, 6.45) is 0.745. The molecule has 0 unspecified atom stereocenters. The van der Waals surface area contributed by atoms with Crippen LogP contribution in [0.2, 0.25) is 0 Å². The van der Waals surface area contributed by atoms with Gasteiger partial charge in [-0.15, -0.1) is 10.2 Å². The van der Waals surface area contributed by atoms with Crippen LogP contribution in [0.1, 0.15) is 18.4 Å². The van der Waals surface area contributed by atoms with E-state index in [0.29, 0.717) is 11.6 Å². The number of aromatic nitrogens is 2. The van der Waals surface area contributed by atoms with Crippen LogP contribution in [0.3, 0.4) is 0 Å². The van der Waals surface area contributed by atoms with Crippen LogP contribution in [-0.4, -0.2) is 22.7 Å². The fraction of sp³-hybridized carbons (Fsp3) is 0.211. The Morgan fingerprint density at radius 3 is 2.70 bits per heavy atom. The van der Waals surface area contributed by atoms with E-state index in [0.717, 1.165) is 10.1 Å². The average molecular weight is 404 g/mol. The average Bonchev–Trinajstić information content (AvgIpc) is 3.13. The summed E-state index contributed by atoms with van der Waals surface area (Å²) in [5, 5.41) is 11.3. The summed E-state index contributed by atoms with van der Waals surface area (Å²) in [6, 6.07) is 16.3. The molecule has 0 saturated carbocycles. The number of ether oxygens (including phenoxy) is 1. The number of thioether (sulfide) groups is 1. The van der Waals surface area contributed by atoms with Gasteiger partial charge in [0.25, 0.3) is 0 Å². The van der Waals surface area contributed by atoms with Crippen LogP contribution < -0.4 is 10.1 Å². The van der Waals surface area contributed by atoms with E-state index in [-0.39, 0.29) is 24.7 Å². The van der Waals surface area contributed by atoms with Gasteiger partial charge in [0, 0.05) is 12.2 Å². The normalized spacial score (nSPS) is 10.6. The molecule has 0 fully saturated rings. The van der Waals surface area contributed by atoms with Gasteiger partial charge in [0.1, 0.15) is 0 Å². The molecule has 8 heteroatoms. The molecule has 0 saturated heterocycles. The summed E-state index contributed by atoms with van der Waals surface area (Å²) in [5.74, 6) is 0.429. The minimum atomic E-state index is -0.406. The maximum atomic E-state index is 13.4. The van der Waals surface area contributed by atoms with Crippen molar-refractivity contribution in [3.63, 3.8) is 0 Å². The zero-order chi connectivity index (χ0) is 18.9. The lowest BCUT2D eigenvalue weighted by molar-refractivity contribution is -0.116. The van der Waals surface area contributed by atoms with Crippen LogP contribution in [0.25, 0.3) is 0 Å². The number of nitrogens with zero attached hydrogens (tertiary/aromatic N) is 2. The molecule has 1 heterocycles. The van der Waals surface area contributed by atoms with E-state index < -0.39 is 5.82 Å². The van der Waals surface area contributed by atoms with Crippen molar-refractivity contribution in [3.05, 3.63) is 66.0 Å². The van der Waals surface area contributed by atoms with Crippen molar-refractivity contribution in [2.75, 3.05) is 11.9 Å². The van der Waals surface area contributed by atoms with E-state index in [4.69, 9.17) is 4.74 Å².